The molecule has 0 radical (unpaired) electrons. The normalized spacial score (nSPS) is 12.5. The molecule has 0 aliphatic carbocycles. The minimum Gasteiger partial charge on any atom is -0.332 e. The van der Waals surface area contributed by atoms with Gasteiger partial charge in [-0.15, -0.1) is 0 Å². The lowest BCUT2D eigenvalue weighted by Crippen LogP contribution is -2.28. The van der Waals surface area contributed by atoms with Crippen molar-refractivity contribution in [1.29, 1.82) is 5.26 Å². The fourth-order valence-corrected chi connectivity index (χ4v) is 3.24. The van der Waals surface area contributed by atoms with E-state index in [9.17, 15) is 22.9 Å². The van der Waals surface area contributed by atoms with Gasteiger partial charge in [0.2, 0.25) is 10.0 Å². The Balaban J connectivity index is 2.34. The van der Waals surface area contributed by atoms with Gasteiger partial charge in [0.05, 0.1) is 21.6 Å². The smallest absolute Gasteiger partial charge is 0.254 e. The second-order valence-electron chi connectivity index (χ2n) is 5.52. The lowest BCUT2D eigenvalue weighted by Gasteiger charge is -2.15. The third kappa shape index (κ3) is 4.19. The zero-order chi connectivity index (χ0) is 19.5. The predicted molar refractivity (Wildman–Crippen MR) is 94.5 cm³/mol. The van der Waals surface area contributed by atoms with E-state index in [1.807, 2.05) is 6.07 Å². The highest BCUT2D eigenvalue weighted by Gasteiger charge is 2.22. The molecule has 0 saturated carbocycles. The molecule has 1 N–H and O–H groups in total. The van der Waals surface area contributed by atoms with Gasteiger partial charge in [-0.2, -0.15) is 5.26 Å². The van der Waals surface area contributed by atoms with Crippen LogP contribution in [0.25, 0.3) is 0 Å². The topological polar surface area (TPSA) is 90.3 Å². The molecule has 6 nitrogen and oxygen atoms in total. The van der Waals surface area contributed by atoms with Crippen LogP contribution in [0.2, 0.25) is 5.02 Å². The molecule has 0 spiro atoms. The Morgan fingerprint density at radius 2 is 1.85 bits per heavy atom. The van der Waals surface area contributed by atoms with Gasteiger partial charge in [-0.05, 0) is 35.9 Å². The zero-order valence-electron chi connectivity index (χ0n) is 13.9. The first kappa shape index (κ1) is 19.8. The summed E-state index contributed by atoms with van der Waals surface area (Å²) in [6, 6.07) is 9.67. The lowest BCUT2D eigenvalue weighted by atomic mass is 10.1. The van der Waals surface area contributed by atoms with Crippen LogP contribution in [0, 0.1) is 17.1 Å². The number of amides is 1. The van der Waals surface area contributed by atoms with Crippen LogP contribution in [0.15, 0.2) is 47.4 Å². The van der Waals surface area contributed by atoms with Gasteiger partial charge in [0.15, 0.2) is 0 Å². The number of nitrogens with zero attached hydrogens (tertiary/aromatic N) is 2. The molecule has 0 heterocycles. The Kier molecular flexibility index (Phi) is 5.97. The van der Waals surface area contributed by atoms with Crippen molar-refractivity contribution < 1.29 is 17.6 Å². The molecule has 0 unspecified atom stereocenters. The SMILES string of the molecule is CN(C)S(=O)(=O)c1ccc(Cl)c(C(=O)N[C@H](C#N)c2ccc(F)cc2)c1. The van der Waals surface area contributed by atoms with E-state index in [0.717, 1.165) is 10.4 Å². The van der Waals surface area contributed by atoms with E-state index in [2.05, 4.69) is 5.32 Å². The molecule has 1 amide bonds. The van der Waals surface area contributed by atoms with Gasteiger partial charge in [-0.1, -0.05) is 23.7 Å². The van der Waals surface area contributed by atoms with Gasteiger partial charge in [-0.3, -0.25) is 4.79 Å². The van der Waals surface area contributed by atoms with Crippen molar-refractivity contribution in [3.05, 3.63) is 64.4 Å². The van der Waals surface area contributed by atoms with E-state index >= 15 is 0 Å². The number of hydrogen-bond acceptors (Lipinski definition) is 4. The molecule has 2 rings (SSSR count). The highest BCUT2D eigenvalue weighted by Crippen LogP contribution is 2.23. The maximum Gasteiger partial charge on any atom is 0.254 e. The van der Waals surface area contributed by atoms with E-state index in [-0.39, 0.29) is 15.5 Å². The quantitative estimate of drug-likeness (QED) is 0.842. The lowest BCUT2D eigenvalue weighted by molar-refractivity contribution is 0.0945. The van der Waals surface area contributed by atoms with E-state index in [1.165, 1.54) is 50.5 Å². The van der Waals surface area contributed by atoms with Crippen LogP contribution in [-0.2, 0) is 10.0 Å². The molecule has 0 aromatic heterocycles. The Hall–Kier alpha value is -2.47. The van der Waals surface area contributed by atoms with E-state index < -0.39 is 27.8 Å². The molecule has 136 valence electrons. The van der Waals surface area contributed by atoms with Crippen LogP contribution >= 0.6 is 11.6 Å². The molecule has 26 heavy (non-hydrogen) atoms. The van der Waals surface area contributed by atoms with Gasteiger partial charge in [0.25, 0.3) is 5.91 Å². The highest BCUT2D eigenvalue weighted by molar-refractivity contribution is 7.89. The second kappa shape index (κ2) is 7.83. The number of rotatable bonds is 5. The number of nitrogens with one attached hydrogen (secondary N) is 1. The average molecular weight is 396 g/mol. The van der Waals surface area contributed by atoms with Crippen LogP contribution in [-0.4, -0.2) is 32.7 Å². The third-order valence-corrected chi connectivity index (χ3v) is 5.71. The molecule has 0 fully saturated rings. The van der Waals surface area contributed by atoms with Gasteiger partial charge >= 0.3 is 0 Å². The van der Waals surface area contributed by atoms with Gasteiger partial charge in [0.1, 0.15) is 11.9 Å². The summed E-state index contributed by atoms with van der Waals surface area (Å²) in [6.45, 7) is 0. The van der Waals surface area contributed by atoms with E-state index in [1.54, 1.807) is 0 Å². The van der Waals surface area contributed by atoms with Crippen LogP contribution in [0.3, 0.4) is 0 Å². The van der Waals surface area contributed by atoms with Crippen LogP contribution in [0.5, 0.6) is 0 Å². The summed E-state index contributed by atoms with van der Waals surface area (Å²) in [5.74, 6) is -1.19. The molecule has 2 aromatic rings. The summed E-state index contributed by atoms with van der Waals surface area (Å²) in [4.78, 5) is 12.4. The van der Waals surface area contributed by atoms with Crippen molar-refractivity contribution in [2.75, 3.05) is 14.1 Å². The molecular formula is C17H15ClFN3O3S. The third-order valence-electron chi connectivity index (χ3n) is 3.57. The van der Waals surface area contributed by atoms with E-state index in [0.29, 0.717) is 5.56 Å². The number of nitriles is 1. The molecule has 0 aliphatic heterocycles. The van der Waals surface area contributed by atoms with Gasteiger partial charge in [0, 0.05) is 14.1 Å². The summed E-state index contributed by atoms with van der Waals surface area (Å²) >= 11 is 6.01. The Bertz CT molecular complexity index is 970. The van der Waals surface area contributed by atoms with Crippen molar-refractivity contribution in [3.8, 4) is 6.07 Å². The van der Waals surface area contributed by atoms with Crippen molar-refractivity contribution in [2.45, 2.75) is 10.9 Å². The molecular weight excluding hydrogens is 381 g/mol. The zero-order valence-corrected chi connectivity index (χ0v) is 15.5. The predicted octanol–water partition coefficient (Wildman–Crippen LogP) is 2.72. The minimum atomic E-state index is -3.75. The maximum atomic E-state index is 13.0. The second-order valence-corrected chi connectivity index (χ2v) is 8.08. The monoisotopic (exact) mass is 395 g/mol. The molecule has 2 aromatic carbocycles. The summed E-state index contributed by atoms with van der Waals surface area (Å²) < 4.78 is 38.4. The number of sulfonamides is 1. The van der Waals surface area contributed by atoms with Crippen molar-refractivity contribution in [2.24, 2.45) is 0 Å². The minimum absolute atomic E-state index is 0.0380. The Morgan fingerprint density at radius 1 is 1.23 bits per heavy atom. The molecule has 9 heteroatoms. The number of benzene rings is 2. The summed E-state index contributed by atoms with van der Waals surface area (Å²) in [7, 11) is -1.02. The molecule has 1 atom stereocenters. The number of halogens is 2. The average Bonchev–Trinajstić information content (AvgIpc) is 2.60. The van der Waals surface area contributed by atoms with Crippen molar-refractivity contribution >= 4 is 27.5 Å². The van der Waals surface area contributed by atoms with Crippen molar-refractivity contribution in [1.82, 2.24) is 9.62 Å². The standard InChI is InChI=1S/C17H15ClFN3O3S/c1-22(2)26(24,25)13-7-8-15(18)14(9-13)17(23)21-16(10-20)11-3-5-12(19)6-4-11/h3-9,16H,1-2H3,(H,21,23)/t16-/m1/s1. The van der Waals surface area contributed by atoms with Crippen LogP contribution in [0.4, 0.5) is 4.39 Å². The first-order valence-corrected chi connectivity index (χ1v) is 9.16. The maximum absolute atomic E-state index is 13.0. The number of carbonyl (C=O) groups excluding carboxylic acids is 1. The summed E-state index contributed by atoms with van der Waals surface area (Å²) in [5, 5.41) is 11.8. The van der Waals surface area contributed by atoms with Gasteiger partial charge in [-0.25, -0.2) is 17.1 Å². The van der Waals surface area contributed by atoms with Crippen LogP contribution in [0.1, 0.15) is 22.0 Å². The number of hydrogen-bond donors (Lipinski definition) is 1. The Morgan fingerprint density at radius 3 is 2.38 bits per heavy atom. The first-order chi connectivity index (χ1) is 12.2. The number of carbonyl (C=O) groups is 1. The Labute approximate surface area is 155 Å². The molecule has 0 bridgehead atoms. The fourth-order valence-electron chi connectivity index (χ4n) is 2.10. The first-order valence-electron chi connectivity index (χ1n) is 7.35. The van der Waals surface area contributed by atoms with Crippen LogP contribution < -0.4 is 5.32 Å². The highest BCUT2D eigenvalue weighted by atomic mass is 35.5. The molecule has 0 aliphatic rings. The van der Waals surface area contributed by atoms with Gasteiger partial charge < -0.3 is 5.32 Å². The van der Waals surface area contributed by atoms with E-state index in [4.69, 9.17) is 11.6 Å². The van der Waals surface area contributed by atoms with Crippen molar-refractivity contribution in [3.63, 3.8) is 0 Å². The fraction of sp³-hybridized carbons (Fsp3) is 0.176. The largest absolute Gasteiger partial charge is 0.332 e. The summed E-state index contributed by atoms with van der Waals surface area (Å²) in [6.07, 6.45) is 0. The summed E-state index contributed by atoms with van der Waals surface area (Å²) in [5.41, 5.74) is 0.299. The molecule has 0 saturated heterocycles.